The number of esters is 1. The first-order chi connectivity index (χ1) is 12.9. The molecule has 3 rings (SSSR count). The van der Waals surface area contributed by atoms with Gasteiger partial charge in [0.05, 0.1) is 5.92 Å². The summed E-state index contributed by atoms with van der Waals surface area (Å²) in [5.74, 6) is -0.424. The number of para-hydroxylation sites is 1. The predicted octanol–water partition coefficient (Wildman–Crippen LogP) is 1.50. The third-order valence-corrected chi connectivity index (χ3v) is 4.19. The lowest BCUT2D eigenvalue weighted by molar-refractivity contribution is -0.150. The van der Waals surface area contributed by atoms with Crippen molar-refractivity contribution in [3.63, 3.8) is 0 Å². The van der Waals surface area contributed by atoms with Crippen molar-refractivity contribution in [2.45, 2.75) is 32.9 Å². The molecule has 9 nitrogen and oxygen atoms in total. The minimum atomic E-state index is -0.471. The highest BCUT2D eigenvalue weighted by Gasteiger charge is 2.36. The van der Waals surface area contributed by atoms with Crippen LogP contribution in [0.1, 0.15) is 26.1 Å². The molecule has 1 aliphatic heterocycles. The summed E-state index contributed by atoms with van der Waals surface area (Å²) in [4.78, 5) is 38.1. The van der Waals surface area contributed by atoms with Crippen molar-refractivity contribution in [2.24, 2.45) is 5.92 Å². The number of carbonyl (C=O) groups is 2. The van der Waals surface area contributed by atoms with Gasteiger partial charge in [0.25, 0.3) is 0 Å². The van der Waals surface area contributed by atoms with Gasteiger partial charge in [0.1, 0.15) is 0 Å². The van der Waals surface area contributed by atoms with Crippen molar-refractivity contribution in [1.29, 1.82) is 0 Å². The number of aromatic nitrogens is 3. The van der Waals surface area contributed by atoms with Gasteiger partial charge in [0, 0.05) is 24.7 Å². The van der Waals surface area contributed by atoms with E-state index in [9.17, 15) is 9.59 Å². The van der Waals surface area contributed by atoms with Gasteiger partial charge >= 0.3 is 5.97 Å². The number of nitrogens with two attached hydrogens (primary N) is 1. The molecular formula is C18H22N6O3. The summed E-state index contributed by atoms with van der Waals surface area (Å²) in [5.41, 5.74) is 6.51. The minimum absolute atomic E-state index is 0.0245. The zero-order valence-corrected chi connectivity index (χ0v) is 15.3. The number of carbonyl (C=O) groups excluding carboxylic acids is 2. The van der Waals surface area contributed by atoms with E-state index in [0.717, 1.165) is 5.69 Å². The van der Waals surface area contributed by atoms with Crippen LogP contribution in [0.2, 0.25) is 0 Å². The molecule has 1 unspecified atom stereocenters. The Morgan fingerprint density at radius 2 is 2.04 bits per heavy atom. The van der Waals surface area contributed by atoms with E-state index in [4.69, 9.17) is 10.5 Å². The van der Waals surface area contributed by atoms with E-state index < -0.39 is 11.9 Å². The van der Waals surface area contributed by atoms with E-state index in [-0.39, 0.29) is 42.7 Å². The molecule has 27 heavy (non-hydrogen) atoms. The number of amides is 1. The molecule has 1 aliphatic rings. The van der Waals surface area contributed by atoms with Crippen LogP contribution in [0.3, 0.4) is 0 Å². The molecule has 1 atom stereocenters. The molecule has 1 aromatic carbocycles. The first-order valence-electron chi connectivity index (χ1n) is 8.71. The molecular weight excluding hydrogens is 348 g/mol. The van der Waals surface area contributed by atoms with Gasteiger partial charge in [-0.15, -0.1) is 0 Å². The Kier molecular flexibility index (Phi) is 5.49. The molecule has 1 aromatic heterocycles. The molecule has 9 heteroatoms. The van der Waals surface area contributed by atoms with Crippen molar-refractivity contribution in [3.8, 4) is 0 Å². The fourth-order valence-corrected chi connectivity index (χ4v) is 2.85. The van der Waals surface area contributed by atoms with Crippen LogP contribution >= 0.6 is 0 Å². The Balaban J connectivity index is 1.61. The first-order valence-corrected chi connectivity index (χ1v) is 8.71. The Morgan fingerprint density at radius 1 is 1.30 bits per heavy atom. The minimum Gasteiger partial charge on any atom is -0.457 e. The molecule has 0 radical (unpaired) electrons. The summed E-state index contributed by atoms with van der Waals surface area (Å²) >= 11 is 0. The van der Waals surface area contributed by atoms with Crippen LogP contribution in [0, 0.1) is 5.92 Å². The maximum Gasteiger partial charge on any atom is 0.311 e. The Morgan fingerprint density at radius 3 is 2.70 bits per heavy atom. The van der Waals surface area contributed by atoms with E-state index >= 15 is 0 Å². The van der Waals surface area contributed by atoms with Crippen molar-refractivity contribution in [1.82, 2.24) is 19.9 Å². The number of benzene rings is 1. The standard InChI is InChI=1S/C18H22N6O3/c1-11(2)24-9-12(8-15(24)25)16(26)27-10-14-21-17(19)23-18(22-14)20-13-6-4-3-5-7-13/h3-7,11-12H,8-10H2,1-2H3,(H3,19,20,21,22,23). The zero-order chi connectivity index (χ0) is 19.4. The fraction of sp³-hybridized carbons (Fsp3) is 0.389. The van der Waals surface area contributed by atoms with Gasteiger partial charge in [-0.05, 0) is 26.0 Å². The van der Waals surface area contributed by atoms with Crippen LogP contribution < -0.4 is 11.1 Å². The number of ether oxygens (including phenoxy) is 1. The Bertz CT molecular complexity index is 827. The van der Waals surface area contributed by atoms with Gasteiger partial charge in [-0.1, -0.05) is 18.2 Å². The molecule has 0 aliphatic carbocycles. The van der Waals surface area contributed by atoms with Crippen molar-refractivity contribution >= 4 is 29.5 Å². The molecule has 142 valence electrons. The topological polar surface area (TPSA) is 123 Å². The molecule has 0 spiro atoms. The number of nitrogen functional groups attached to an aromatic ring is 1. The van der Waals surface area contributed by atoms with Gasteiger partial charge in [-0.3, -0.25) is 9.59 Å². The lowest BCUT2D eigenvalue weighted by atomic mass is 10.1. The molecule has 1 saturated heterocycles. The van der Waals surface area contributed by atoms with E-state index in [2.05, 4.69) is 20.3 Å². The maximum absolute atomic E-state index is 12.3. The quantitative estimate of drug-likeness (QED) is 0.733. The van der Waals surface area contributed by atoms with Crippen LogP contribution in [-0.4, -0.2) is 44.3 Å². The van der Waals surface area contributed by atoms with Crippen LogP contribution in [0.5, 0.6) is 0 Å². The normalized spacial score (nSPS) is 16.6. The first kappa shape index (κ1) is 18.6. The van der Waals surface area contributed by atoms with E-state index in [1.807, 2.05) is 44.2 Å². The van der Waals surface area contributed by atoms with E-state index in [1.165, 1.54) is 0 Å². The SMILES string of the molecule is CC(C)N1CC(C(=O)OCc2nc(N)nc(Nc3ccccc3)n2)CC1=O. The average molecular weight is 370 g/mol. The van der Waals surface area contributed by atoms with E-state index in [1.54, 1.807) is 4.90 Å². The molecule has 0 bridgehead atoms. The average Bonchev–Trinajstić information content (AvgIpc) is 3.02. The maximum atomic E-state index is 12.3. The number of nitrogens with one attached hydrogen (secondary N) is 1. The van der Waals surface area contributed by atoms with Crippen molar-refractivity contribution in [2.75, 3.05) is 17.6 Å². The number of rotatable bonds is 6. The molecule has 2 heterocycles. The van der Waals surface area contributed by atoms with Crippen LogP contribution in [-0.2, 0) is 20.9 Å². The fourth-order valence-electron chi connectivity index (χ4n) is 2.85. The third-order valence-electron chi connectivity index (χ3n) is 4.19. The van der Waals surface area contributed by atoms with Gasteiger partial charge in [0.15, 0.2) is 12.4 Å². The summed E-state index contributed by atoms with van der Waals surface area (Å²) in [7, 11) is 0. The number of likely N-dealkylation sites (tertiary alicyclic amines) is 1. The lowest BCUT2D eigenvalue weighted by Crippen LogP contribution is -2.33. The van der Waals surface area contributed by atoms with Crippen LogP contribution in [0.4, 0.5) is 17.6 Å². The highest BCUT2D eigenvalue weighted by molar-refractivity contribution is 5.87. The second-order valence-electron chi connectivity index (χ2n) is 6.57. The van der Waals surface area contributed by atoms with Gasteiger partial charge in [-0.25, -0.2) is 0 Å². The number of anilines is 3. The highest BCUT2D eigenvalue weighted by Crippen LogP contribution is 2.21. The molecule has 2 aromatic rings. The molecule has 1 fully saturated rings. The zero-order valence-electron chi connectivity index (χ0n) is 15.3. The molecule has 3 N–H and O–H groups in total. The largest absolute Gasteiger partial charge is 0.457 e. The monoisotopic (exact) mass is 370 g/mol. The number of hydrogen-bond donors (Lipinski definition) is 2. The van der Waals surface area contributed by atoms with E-state index in [0.29, 0.717) is 6.54 Å². The summed E-state index contributed by atoms with van der Waals surface area (Å²) in [6, 6.07) is 9.42. The predicted molar refractivity (Wildman–Crippen MR) is 98.7 cm³/mol. The second-order valence-corrected chi connectivity index (χ2v) is 6.57. The summed E-state index contributed by atoms with van der Waals surface area (Å²) in [6.45, 7) is 4.07. The smallest absolute Gasteiger partial charge is 0.311 e. The second kappa shape index (κ2) is 7.98. The van der Waals surface area contributed by atoms with Crippen LogP contribution in [0.25, 0.3) is 0 Å². The lowest BCUT2D eigenvalue weighted by Gasteiger charge is -2.20. The van der Waals surface area contributed by atoms with Gasteiger partial charge in [0.2, 0.25) is 17.8 Å². The summed E-state index contributed by atoms with van der Waals surface area (Å²) in [6.07, 6.45) is 0.164. The number of hydrogen-bond acceptors (Lipinski definition) is 8. The Labute approximate surface area is 157 Å². The molecule has 0 saturated carbocycles. The van der Waals surface area contributed by atoms with Gasteiger partial charge < -0.3 is 20.7 Å². The van der Waals surface area contributed by atoms with Crippen LogP contribution in [0.15, 0.2) is 30.3 Å². The highest BCUT2D eigenvalue weighted by atomic mass is 16.5. The van der Waals surface area contributed by atoms with Crippen molar-refractivity contribution in [3.05, 3.63) is 36.2 Å². The van der Waals surface area contributed by atoms with Gasteiger partial charge in [-0.2, -0.15) is 15.0 Å². The third kappa shape index (κ3) is 4.69. The molecule has 1 amide bonds. The summed E-state index contributed by atoms with van der Waals surface area (Å²) < 4.78 is 5.29. The summed E-state index contributed by atoms with van der Waals surface area (Å²) in [5, 5.41) is 3.02. The Hall–Kier alpha value is -3.23. The number of nitrogens with zero attached hydrogens (tertiary/aromatic N) is 4. The van der Waals surface area contributed by atoms with Crippen molar-refractivity contribution < 1.29 is 14.3 Å².